The van der Waals surface area contributed by atoms with E-state index in [1.165, 1.54) is 55.3 Å². The highest BCUT2D eigenvalue weighted by Gasteiger charge is 2.21. The minimum absolute atomic E-state index is 0.264. The number of aromatic nitrogens is 1. The van der Waals surface area contributed by atoms with Crippen molar-refractivity contribution in [3.05, 3.63) is 65.9 Å². The highest BCUT2D eigenvalue weighted by Crippen LogP contribution is 2.28. The van der Waals surface area contributed by atoms with Crippen LogP contribution in [-0.4, -0.2) is 66.8 Å². The number of aryl methyl sites for hydroxylation is 1. The molecule has 3 aromatic rings. The second-order valence-corrected chi connectivity index (χ2v) is 10.8. The zero-order chi connectivity index (χ0) is 25.3. The summed E-state index contributed by atoms with van der Waals surface area (Å²) in [6, 6.07) is 17.1. The van der Waals surface area contributed by atoms with E-state index in [2.05, 4.69) is 70.2 Å². The van der Waals surface area contributed by atoms with E-state index >= 15 is 0 Å². The SMILES string of the molecule is Cc1ccnc2c(OC3CCN(CCc4ccc(OCCCN5CCCCCC5)cc4)CC3)cccc12. The van der Waals surface area contributed by atoms with Gasteiger partial charge in [0.15, 0.2) is 0 Å². The van der Waals surface area contributed by atoms with Crippen molar-refractivity contribution in [1.29, 1.82) is 0 Å². The van der Waals surface area contributed by atoms with Crippen molar-refractivity contribution in [2.75, 3.05) is 45.9 Å². The molecule has 5 nitrogen and oxygen atoms in total. The zero-order valence-corrected chi connectivity index (χ0v) is 22.5. The summed E-state index contributed by atoms with van der Waals surface area (Å²) < 4.78 is 12.4. The summed E-state index contributed by atoms with van der Waals surface area (Å²) >= 11 is 0. The first-order valence-corrected chi connectivity index (χ1v) is 14.4. The molecule has 0 amide bonds. The van der Waals surface area contributed by atoms with Gasteiger partial charge in [0.25, 0.3) is 0 Å². The Labute approximate surface area is 222 Å². The fourth-order valence-electron chi connectivity index (χ4n) is 5.69. The first-order chi connectivity index (χ1) is 18.2. The Morgan fingerprint density at radius 2 is 1.59 bits per heavy atom. The van der Waals surface area contributed by atoms with Gasteiger partial charge in [0, 0.05) is 37.8 Å². The average molecular weight is 502 g/mol. The summed E-state index contributed by atoms with van der Waals surface area (Å²) in [4.78, 5) is 9.76. The van der Waals surface area contributed by atoms with Crippen LogP contribution in [-0.2, 0) is 6.42 Å². The van der Waals surface area contributed by atoms with E-state index < -0.39 is 0 Å². The highest BCUT2D eigenvalue weighted by molar-refractivity contribution is 5.87. The molecule has 0 bridgehead atoms. The van der Waals surface area contributed by atoms with Gasteiger partial charge in [0.05, 0.1) is 6.61 Å². The van der Waals surface area contributed by atoms with E-state index in [-0.39, 0.29) is 6.10 Å². The number of ether oxygens (including phenoxy) is 2. The maximum Gasteiger partial charge on any atom is 0.145 e. The molecule has 2 aliphatic heterocycles. The molecule has 2 fully saturated rings. The van der Waals surface area contributed by atoms with Crippen LogP contribution in [0.2, 0.25) is 0 Å². The van der Waals surface area contributed by atoms with Crippen LogP contribution in [0.15, 0.2) is 54.7 Å². The zero-order valence-electron chi connectivity index (χ0n) is 22.5. The largest absolute Gasteiger partial charge is 0.494 e. The summed E-state index contributed by atoms with van der Waals surface area (Å²) in [5, 5.41) is 1.18. The van der Waals surface area contributed by atoms with Crippen LogP contribution in [0.3, 0.4) is 0 Å². The monoisotopic (exact) mass is 501 g/mol. The normalized spacial score (nSPS) is 18.1. The molecule has 37 heavy (non-hydrogen) atoms. The molecule has 2 aromatic carbocycles. The molecule has 5 heteroatoms. The molecule has 0 atom stereocenters. The molecule has 2 saturated heterocycles. The number of fused-ring (bicyclic) bond motifs is 1. The third-order valence-electron chi connectivity index (χ3n) is 8.01. The third kappa shape index (κ3) is 7.45. The lowest BCUT2D eigenvalue weighted by molar-refractivity contribution is 0.102. The van der Waals surface area contributed by atoms with Crippen molar-refractivity contribution in [2.24, 2.45) is 0 Å². The van der Waals surface area contributed by atoms with Gasteiger partial charge >= 0.3 is 0 Å². The van der Waals surface area contributed by atoms with Crippen LogP contribution < -0.4 is 9.47 Å². The van der Waals surface area contributed by atoms with Gasteiger partial charge in [0.2, 0.25) is 0 Å². The Bertz CT molecular complexity index is 1100. The molecule has 5 rings (SSSR count). The van der Waals surface area contributed by atoms with E-state index in [1.54, 1.807) is 0 Å². The van der Waals surface area contributed by atoms with E-state index in [0.29, 0.717) is 0 Å². The van der Waals surface area contributed by atoms with Gasteiger partial charge < -0.3 is 19.3 Å². The number of piperidine rings is 1. The second-order valence-electron chi connectivity index (χ2n) is 10.8. The molecule has 0 spiro atoms. The van der Waals surface area contributed by atoms with E-state index in [9.17, 15) is 0 Å². The Hall–Kier alpha value is -2.63. The number of hydrogen-bond donors (Lipinski definition) is 0. The van der Waals surface area contributed by atoms with Gasteiger partial charge in [-0.1, -0.05) is 37.1 Å². The number of nitrogens with zero attached hydrogens (tertiary/aromatic N) is 3. The van der Waals surface area contributed by atoms with E-state index in [4.69, 9.17) is 9.47 Å². The van der Waals surface area contributed by atoms with Gasteiger partial charge in [-0.3, -0.25) is 4.98 Å². The molecule has 2 aliphatic rings. The van der Waals surface area contributed by atoms with Crippen LogP contribution >= 0.6 is 0 Å². The van der Waals surface area contributed by atoms with Crippen molar-refractivity contribution in [3.8, 4) is 11.5 Å². The van der Waals surface area contributed by atoms with Crippen molar-refractivity contribution in [2.45, 2.75) is 64.4 Å². The van der Waals surface area contributed by atoms with Crippen molar-refractivity contribution in [1.82, 2.24) is 14.8 Å². The summed E-state index contributed by atoms with van der Waals surface area (Å²) in [5.74, 6) is 1.92. The maximum absolute atomic E-state index is 6.42. The van der Waals surface area contributed by atoms with Gasteiger partial charge in [-0.25, -0.2) is 0 Å². The number of hydrogen-bond acceptors (Lipinski definition) is 5. The summed E-state index contributed by atoms with van der Waals surface area (Å²) in [6.07, 6.45) is 12.0. The smallest absolute Gasteiger partial charge is 0.145 e. The number of pyridine rings is 1. The number of para-hydroxylation sites is 1. The quantitative estimate of drug-likeness (QED) is 0.306. The maximum atomic E-state index is 6.42. The van der Waals surface area contributed by atoms with Gasteiger partial charge in [-0.05, 0) is 93.9 Å². The number of benzene rings is 2. The number of likely N-dealkylation sites (tertiary alicyclic amines) is 2. The summed E-state index contributed by atoms with van der Waals surface area (Å²) in [7, 11) is 0. The third-order valence-corrected chi connectivity index (χ3v) is 8.01. The summed E-state index contributed by atoms with van der Waals surface area (Å²) in [5.41, 5.74) is 3.61. The van der Waals surface area contributed by atoms with Crippen molar-refractivity contribution < 1.29 is 9.47 Å². The molecule has 198 valence electrons. The standard InChI is InChI=1S/C32H43N3O2/c1-26-14-18-33-32-30(26)8-6-9-31(32)37-29-16-23-35(24-17-29)22-15-27-10-12-28(13-11-27)36-25-7-21-34-19-4-2-3-5-20-34/h6,8-14,18,29H,2-5,7,15-17,19-25H2,1H3. The van der Waals surface area contributed by atoms with Crippen LogP contribution in [0.4, 0.5) is 0 Å². The van der Waals surface area contributed by atoms with Gasteiger partial charge in [-0.2, -0.15) is 0 Å². The molecule has 0 radical (unpaired) electrons. The van der Waals surface area contributed by atoms with Crippen LogP contribution in [0.1, 0.15) is 56.1 Å². The Morgan fingerprint density at radius 3 is 2.38 bits per heavy atom. The number of rotatable bonds is 10. The average Bonchev–Trinajstić information content (AvgIpc) is 3.21. The van der Waals surface area contributed by atoms with Crippen LogP contribution in [0, 0.1) is 6.92 Å². The molecule has 0 unspecified atom stereocenters. The first kappa shape index (κ1) is 26.0. The topological polar surface area (TPSA) is 37.8 Å². The Morgan fingerprint density at radius 1 is 0.838 bits per heavy atom. The molecule has 0 saturated carbocycles. The summed E-state index contributed by atoms with van der Waals surface area (Å²) in [6.45, 7) is 9.89. The van der Waals surface area contributed by atoms with Gasteiger partial charge in [0.1, 0.15) is 23.1 Å². The highest BCUT2D eigenvalue weighted by atomic mass is 16.5. The van der Waals surface area contributed by atoms with Crippen molar-refractivity contribution in [3.63, 3.8) is 0 Å². The van der Waals surface area contributed by atoms with Crippen LogP contribution in [0.25, 0.3) is 10.9 Å². The fourth-order valence-corrected chi connectivity index (χ4v) is 5.69. The van der Waals surface area contributed by atoms with Crippen molar-refractivity contribution >= 4 is 10.9 Å². The van der Waals surface area contributed by atoms with Gasteiger partial charge in [-0.15, -0.1) is 0 Å². The minimum Gasteiger partial charge on any atom is -0.494 e. The molecular formula is C32H43N3O2. The Balaban J connectivity index is 1.00. The van der Waals surface area contributed by atoms with Crippen LogP contribution in [0.5, 0.6) is 11.5 Å². The lowest BCUT2D eigenvalue weighted by atomic mass is 10.1. The molecule has 3 heterocycles. The lowest BCUT2D eigenvalue weighted by Crippen LogP contribution is -2.39. The molecular weight excluding hydrogens is 458 g/mol. The lowest BCUT2D eigenvalue weighted by Gasteiger charge is -2.32. The minimum atomic E-state index is 0.264. The first-order valence-electron chi connectivity index (χ1n) is 14.4. The predicted molar refractivity (Wildman–Crippen MR) is 152 cm³/mol. The van der Waals surface area contributed by atoms with E-state index in [0.717, 1.165) is 75.5 Å². The second kappa shape index (κ2) is 13.3. The molecule has 1 aromatic heterocycles. The molecule has 0 aliphatic carbocycles. The van der Waals surface area contributed by atoms with E-state index in [1.807, 2.05) is 6.20 Å². The Kier molecular flexibility index (Phi) is 9.31. The fraction of sp³-hybridized carbons (Fsp3) is 0.531. The molecule has 0 N–H and O–H groups in total. The predicted octanol–water partition coefficient (Wildman–Crippen LogP) is 6.27.